The number of anilines is 1. The number of para-hydroxylation sites is 1. The lowest BCUT2D eigenvalue weighted by atomic mass is 9.90. The number of rotatable bonds is 10. The average molecular weight is 689 g/mol. The van der Waals surface area contributed by atoms with Crippen molar-refractivity contribution in [3.63, 3.8) is 0 Å². The third-order valence-electron chi connectivity index (χ3n) is 9.68. The van der Waals surface area contributed by atoms with Crippen molar-refractivity contribution in [2.24, 2.45) is 11.8 Å². The average Bonchev–Trinajstić information content (AvgIpc) is 3.49. The summed E-state index contributed by atoms with van der Waals surface area (Å²) in [5.41, 5.74) is 4.52. The second-order valence-corrected chi connectivity index (χ2v) is 14.4. The minimum Gasteiger partial charge on any atom is -0.361 e. The van der Waals surface area contributed by atoms with Crippen LogP contribution in [0.25, 0.3) is 10.9 Å². The molecule has 2 N–H and O–H groups in total. The smallest absolute Gasteiger partial charge is 0.253 e. The largest absolute Gasteiger partial charge is 0.361 e. The molecular formula is C38H43Cl2N5O3. The highest BCUT2D eigenvalue weighted by Crippen LogP contribution is 2.33. The predicted molar refractivity (Wildman–Crippen MR) is 193 cm³/mol. The number of nitrogens with zero attached hydrogens (tertiary/aromatic N) is 3. The highest BCUT2D eigenvalue weighted by Gasteiger charge is 2.34. The zero-order chi connectivity index (χ0) is 33.8. The first kappa shape index (κ1) is 34.0. The molecule has 2 atom stereocenters. The first-order chi connectivity index (χ1) is 23.1. The van der Waals surface area contributed by atoms with Crippen LogP contribution < -0.4 is 10.2 Å². The molecule has 6 rings (SSSR count). The molecule has 3 heterocycles. The maximum atomic E-state index is 14.5. The molecule has 2 aliphatic rings. The maximum absolute atomic E-state index is 14.5. The van der Waals surface area contributed by atoms with Gasteiger partial charge in [-0.3, -0.25) is 14.4 Å². The molecule has 0 bridgehead atoms. The van der Waals surface area contributed by atoms with Gasteiger partial charge in [0.1, 0.15) is 6.04 Å². The molecule has 0 unspecified atom stereocenters. The molecule has 0 saturated carbocycles. The Hall–Kier alpha value is -3.85. The highest BCUT2D eigenvalue weighted by molar-refractivity contribution is 6.31. The minimum atomic E-state index is -0.739. The molecule has 10 heteroatoms. The topological polar surface area (TPSA) is 88.8 Å². The number of aromatic nitrogens is 1. The van der Waals surface area contributed by atoms with Crippen LogP contribution in [0.5, 0.6) is 0 Å². The van der Waals surface area contributed by atoms with Crippen molar-refractivity contribution in [1.82, 2.24) is 20.1 Å². The third kappa shape index (κ3) is 8.05. The standard InChI is InChI=1S/C38H43Cl2N5O3/c1-43(2)23-26-19-28-20-31(40)12-13-35(28)45(24-26)38(48)34(21-29-22-41-33-6-4-3-5-32(29)33)42-36(46)14-7-25-15-17-44(18-16-25)37(47)27-8-10-30(39)11-9-27/h3-6,8-13,20,22,25-26,34,41H,7,14-19,21,23-24H2,1-2H3,(H,42,46)/t26-,34+/m0/s1. The lowest BCUT2D eigenvalue weighted by Gasteiger charge is -2.37. The van der Waals surface area contributed by atoms with Gasteiger partial charge in [-0.25, -0.2) is 0 Å². The van der Waals surface area contributed by atoms with Crippen molar-refractivity contribution < 1.29 is 14.4 Å². The summed E-state index contributed by atoms with van der Waals surface area (Å²) in [6, 6.07) is 20.0. The Morgan fingerprint density at radius 1 is 0.958 bits per heavy atom. The van der Waals surface area contributed by atoms with E-state index in [4.69, 9.17) is 23.2 Å². The predicted octanol–water partition coefficient (Wildman–Crippen LogP) is 6.60. The Kier molecular flexibility index (Phi) is 10.7. The Balaban J connectivity index is 1.14. The molecule has 0 aliphatic carbocycles. The lowest BCUT2D eigenvalue weighted by Crippen LogP contribution is -2.53. The van der Waals surface area contributed by atoms with Gasteiger partial charge in [-0.15, -0.1) is 0 Å². The quantitative estimate of drug-likeness (QED) is 0.197. The molecular weight excluding hydrogens is 645 g/mol. The number of carbonyl (C=O) groups is 3. The van der Waals surface area contributed by atoms with Gasteiger partial charge in [0.05, 0.1) is 0 Å². The van der Waals surface area contributed by atoms with Crippen LogP contribution in [0.3, 0.4) is 0 Å². The van der Waals surface area contributed by atoms with Gasteiger partial charge < -0.3 is 25.0 Å². The Morgan fingerprint density at radius 2 is 1.69 bits per heavy atom. The summed E-state index contributed by atoms with van der Waals surface area (Å²) in [6.07, 6.45) is 5.85. The van der Waals surface area contributed by atoms with E-state index in [-0.39, 0.29) is 23.6 Å². The van der Waals surface area contributed by atoms with Crippen molar-refractivity contribution in [3.05, 3.63) is 99.7 Å². The Bertz CT molecular complexity index is 1760. The van der Waals surface area contributed by atoms with E-state index >= 15 is 0 Å². The van der Waals surface area contributed by atoms with Gasteiger partial charge in [-0.05, 0) is 111 Å². The van der Waals surface area contributed by atoms with E-state index in [1.165, 1.54) is 0 Å². The fraction of sp³-hybridized carbons (Fsp3) is 0.395. The number of piperidine rings is 1. The maximum Gasteiger partial charge on any atom is 0.253 e. The monoisotopic (exact) mass is 687 g/mol. The van der Waals surface area contributed by atoms with Crippen LogP contribution in [0.2, 0.25) is 10.0 Å². The summed E-state index contributed by atoms with van der Waals surface area (Å²) in [5.74, 6) is 0.326. The van der Waals surface area contributed by atoms with Crippen molar-refractivity contribution in [2.75, 3.05) is 45.2 Å². The van der Waals surface area contributed by atoms with E-state index < -0.39 is 6.04 Å². The summed E-state index contributed by atoms with van der Waals surface area (Å²) in [5, 5.41) is 5.45. The zero-order valence-corrected chi connectivity index (χ0v) is 29.1. The van der Waals surface area contributed by atoms with Gasteiger partial charge >= 0.3 is 0 Å². The normalized spacial score (nSPS) is 17.4. The number of carbonyl (C=O) groups excluding carboxylic acids is 3. The van der Waals surface area contributed by atoms with Crippen LogP contribution in [-0.4, -0.2) is 78.8 Å². The zero-order valence-electron chi connectivity index (χ0n) is 27.6. The summed E-state index contributed by atoms with van der Waals surface area (Å²) in [7, 11) is 4.09. The number of likely N-dealkylation sites (tertiary alicyclic amines) is 1. The van der Waals surface area contributed by atoms with Gasteiger partial charge in [-0.2, -0.15) is 0 Å². The number of hydrogen-bond donors (Lipinski definition) is 2. The van der Waals surface area contributed by atoms with Crippen molar-refractivity contribution >= 4 is 57.5 Å². The number of aromatic amines is 1. The lowest BCUT2D eigenvalue weighted by molar-refractivity contribution is -0.127. The van der Waals surface area contributed by atoms with Gasteiger partial charge in [-0.1, -0.05) is 41.4 Å². The number of H-pyrrole nitrogens is 1. The van der Waals surface area contributed by atoms with E-state index in [0.717, 1.165) is 53.5 Å². The van der Waals surface area contributed by atoms with Crippen LogP contribution in [0.1, 0.15) is 47.2 Å². The van der Waals surface area contributed by atoms with Gasteiger partial charge in [0.25, 0.3) is 5.91 Å². The molecule has 0 spiro atoms. The van der Waals surface area contributed by atoms with Crippen LogP contribution >= 0.6 is 23.2 Å². The molecule has 1 fully saturated rings. The Morgan fingerprint density at radius 3 is 2.44 bits per heavy atom. The molecule has 1 saturated heterocycles. The molecule has 4 aromatic rings. The van der Waals surface area contributed by atoms with Crippen molar-refractivity contribution in [3.8, 4) is 0 Å². The van der Waals surface area contributed by atoms with Gasteiger partial charge in [0.2, 0.25) is 11.8 Å². The molecule has 1 aromatic heterocycles. The number of fused-ring (bicyclic) bond motifs is 2. The van der Waals surface area contributed by atoms with Crippen LogP contribution in [0.15, 0.2) is 72.9 Å². The van der Waals surface area contributed by atoms with E-state index in [9.17, 15) is 14.4 Å². The van der Waals surface area contributed by atoms with E-state index in [0.29, 0.717) is 60.4 Å². The van der Waals surface area contributed by atoms with E-state index in [1.807, 2.05) is 72.6 Å². The van der Waals surface area contributed by atoms with Crippen LogP contribution in [-0.2, 0) is 22.4 Å². The first-order valence-electron chi connectivity index (χ1n) is 16.8. The number of benzene rings is 3. The molecule has 252 valence electrons. The molecule has 0 radical (unpaired) electrons. The van der Waals surface area contributed by atoms with E-state index in [2.05, 4.69) is 15.2 Å². The second-order valence-electron chi connectivity index (χ2n) is 13.5. The van der Waals surface area contributed by atoms with Gasteiger partial charge in [0, 0.05) is 77.4 Å². The van der Waals surface area contributed by atoms with Crippen LogP contribution in [0, 0.1) is 11.8 Å². The second kappa shape index (κ2) is 15.1. The van der Waals surface area contributed by atoms with Crippen molar-refractivity contribution in [1.29, 1.82) is 0 Å². The van der Waals surface area contributed by atoms with Crippen molar-refractivity contribution in [2.45, 2.75) is 44.6 Å². The fourth-order valence-electron chi connectivity index (χ4n) is 7.27. The summed E-state index contributed by atoms with van der Waals surface area (Å²) in [6.45, 7) is 2.71. The molecule has 48 heavy (non-hydrogen) atoms. The molecule has 2 aliphatic heterocycles. The number of halogens is 2. The van der Waals surface area contributed by atoms with Crippen LogP contribution in [0.4, 0.5) is 5.69 Å². The summed E-state index contributed by atoms with van der Waals surface area (Å²) in [4.78, 5) is 50.2. The SMILES string of the molecule is CN(C)C[C@@H]1Cc2cc(Cl)ccc2N(C(=O)[C@@H](Cc2c[nH]c3ccccc23)NC(=O)CCC2CCN(C(=O)c3ccc(Cl)cc3)CC2)C1. The highest BCUT2D eigenvalue weighted by atomic mass is 35.5. The number of hydrogen-bond acceptors (Lipinski definition) is 4. The van der Waals surface area contributed by atoms with E-state index in [1.54, 1.807) is 24.3 Å². The summed E-state index contributed by atoms with van der Waals surface area (Å²) >= 11 is 12.4. The summed E-state index contributed by atoms with van der Waals surface area (Å²) < 4.78 is 0. The molecule has 8 nitrogen and oxygen atoms in total. The Labute approximate surface area is 292 Å². The third-order valence-corrected chi connectivity index (χ3v) is 10.2. The fourth-order valence-corrected chi connectivity index (χ4v) is 7.59. The number of amides is 3. The number of nitrogens with one attached hydrogen (secondary N) is 2. The van der Waals surface area contributed by atoms with Gasteiger partial charge in [0.15, 0.2) is 0 Å². The minimum absolute atomic E-state index is 0.0101. The first-order valence-corrected chi connectivity index (χ1v) is 17.5. The molecule has 3 aromatic carbocycles. The molecule has 3 amide bonds.